The fraction of sp³-hybridized carbons (Fsp3) is 0.500. The van der Waals surface area contributed by atoms with Gasteiger partial charge in [0.25, 0.3) is 5.78 Å². The van der Waals surface area contributed by atoms with Crippen molar-refractivity contribution < 1.29 is 5.11 Å². The third kappa shape index (κ3) is 0.905. The Morgan fingerprint density at radius 1 is 1.21 bits per heavy atom. The van der Waals surface area contributed by atoms with Crippen molar-refractivity contribution in [1.29, 1.82) is 0 Å². The Balaban J connectivity index is 2.36. The molecule has 0 unspecified atom stereocenters. The molecule has 2 heterocycles. The number of aryl methyl sites for hydroxylation is 1. The van der Waals surface area contributed by atoms with Gasteiger partial charge in [-0.2, -0.15) is 0 Å². The molecule has 0 saturated heterocycles. The average Bonchev–Trinajstić information content (AvgIpc) is 2.66. The van der Waals surface area contributed by atoms with Gasteiger partial charge < -0.3 is 5.11 Å². The summed E-state index contributed by atoms with van der Waals surface area (Å²) in [6.45, 7) is 0. The van der Waals surface area contributed by atoms with Crippen molar-refractivity contribution in [3.8, 4) is 5.88 Å². The molecule has 1 aliphatic rings. The van der Waals surface area contributed by atoms with E-state index in [1.54, 1.807) is 0 Å². The lowest BCUT2D eigenvalue weighted by Crippen LogP contribution is -2.09. The van der Waals surface area contributed by atoms with Gasteiger partial charge in [0.1, 0.15) is 0 Å². The van der Waals surface area contributed by atoms with Gasteiger partial charge in [-0.1, -0.05) is 5.10 Å². The molecule has 14 heavy (non-hydrogen) atoms. The number of hydrogen-bond donors (Lipinski definition) is 1. The first-order chi connectivity index (χ1) is 6.86. The van der Waals surface area contributed by atoms with Crippen molar-refractivity contribution in [3.63, 3.8) is 0 Å². The second kappa shape index (κ2) is 2.63. The van der Waals surface area contributed by atoms with E-state index in [9.17, 15) is 5.11 Å². The third-order valence-corrected chi connectivity index (χ3v) is 2.60. The average molecular weight is 191 g/mol. The summed E-state index contributed by atoms with van der Waals surface area (Å²) >= 11 is 0. The molecule has 0 bridgehead atoms. The van der Waals surface area contributed by atoms with Gasteiger partial charge in [0, 0.05) is 5.56 Å². The summed E-state index contributed by atoms with van der Waals surface area (Å²) in [7, 11) is 0. The smallest absolute Gasteiger partial charge is 0.276 e. The van der Waals surface area contributed by atoms with Crippen LogP contribution in [0, 0.1) is 0 Å². The van der Waals surface area contributed by atoms with Crippen LogP contribution in [0.3, 0.4) is 0 Å². The fourth-order valence-electron chi connectivity index (χ4n) is 1.89. The van der Waals surface area contributed by atoms with E-state index < -0.39 is 0 Å². The lowest BCUT2D eigenvalue weighted by molar-refractivity contribution is 0.418. The molecule has 0 aromatic carbocycles. The van der Waals surface area contributed by atoms with E-state index >= 15 is 0 Å². The number of fused-ring (bicyclic) bond motifs is 2. The molecule has 0 fully saturated rings. The Morgan fingerprint density at radius 2 is 2.07 bits per heavy atom. The van der Waals surface area contributed by atoms with Gasteiger partial charge in [-0.15, -0.1) is 4.52 Å². The Kier molecular flexibility index (Phi) is 1.44. The second-order valence-electron chi connectivity index (χ2n) is 3.46. The molecule has 1 N–H and O–H groups in total. The SMILES string of the molecule is Oc1c2c(nc3nnnn13)CCCC2. The summed E-state index contributed by atoms with van der Waals surface area (Å²) < 4.78 is 1.28. The van der Waals surface area contributed by atoms with Gasteiger partial charge in [0.2, 0.25) is 5.88 Å². The molecular formula is C8H9N5O. The maximum Gasteiger partial charge on any atom is 0.276 e. The molecule has 1 aliphatic carbocycles. The highest BCUT2D eigenvalue weighted by molar-refractivity contribution is 5.40. The van der Waals surface area contributed by atoms with E-state index in [-0.39, 0.29) is 5.88 Å². The van der Waals surface area contributed by atoms with Gasteiger partial charge in [-0.3, -0.25) is 0 Å². The highest BCUT2D eigenvalue weighted by Crippen LogP contribution is 2.26. The maximum absolute atomic E-state index is 9.86. The summed E-state index contributed by atoms with van der Waals surface area (Å²) in [5.74, 6) is 0.526. The fourth-order valence-corrected chi connectivity index (χ4v) is 1.89. The number of rotatable bonds is 0. The quantitative estimate of drug-likeness (QED) is 0.639. The van der Waals surface area contributed by atoms with Crippen LogP contribution in [0.4, 0.5) is 0 Å². The standard InChI is InChI=1S/C8H9N5O/c14-7-5-3-1-2-4-6(5)9-8-10-11-12-13(7)8/h14H,1-4H2. The summed E-state index contributed by atoms with van der Waals surface area (Å²) in [5.41, 5.74) is 1.84. The van der Waals surface area contributed by atoms with Gasteiger partial charge >= 0.3 is 0 Å². The number of nitrogens with zero attached hydrogens (tertiary/aromatic N) is 5. The van der Waals surface area contributed by atoms with Crippen molar-refractivity contribution in [1.82, 2.24) is 25.0 Å². The molecule has 0 spiro atoms. The van der Waals surface area contributed by atoms with E-state index in [0.717, 1.165) is 36.9 Å². The Labute approximate surface area is 79.6 Å². The van der Waals surface area contributed by atoms with Crippen molar-refractivity contribution in [3.05, 3.63) is 11.3 Å². The number of aromatic nitrogens is 5. The molecule has 6 nitrogen and oxygen atoms in total. The topological polar surface area (TPSA) is 76.2 Å². The lowest BCUT2D eigenvalue weighted by Gasteiger charge is -2.14. The van der Waals surface area contributed by atoms with Crippen LogP contribution in [-0.2, 0) is 12.8 Å². The molecule has 6 heteroatoms. The summed E-state index contributed by atoms with van der Waals surface area (Å²) in [6, 6.07) is 0. The van der Waals surface area contributed by atoms with Gasteiger partial charge in [-0.05, 0) is 36.1 Å². The molecule has 0 saturated carbocycles. The van der Waals surface area contributed by atoms with Gasteiger partial charge in [0.05, 0.1) is 5.69 Å². The van der Waals surface area contributed by atoms with Gasteiger partial charge in [0.15, 0.2) is 0 Å². The van der Waals surface area contributed by atoms with Crippen LogP contribution in [0.2, 0.25) is 0 Å². The highest BCUT2D eigenvalue weighted by atomic mass is 16.3. The molecule has 2 aromatic heterocycles. The van der Waals surface area contributed by atoms with E-state index in [1.807, 2.05) is 0 Å². The maximum atomic E-state index is 9.86. The molecule has 0 atom stereocenters. The lowest BCUT2D eigenvalue weighted by atomic mass is 9.97. The zero-order chi connectivity index (χ0) is 9.54. The number of aromatic hydroxyl groups is 1. The molecule has 3 rings (SSSR count). The Bertz CT molecular complexity index is 492. The van der Waals surface area contributed by atoms with Gasteiger partial charge in [-0.25, -0.2) is 4.98 Å². The Hall–Kier alpha value is -1.72. The highest BCUT2D eigenvalue weighted by Gasteiger charge is 2.18. The van der Waals surface area contributed by atoms with Crippen LogP contribution in [-0.4, -0.2) is 30.1 Å². The molecular weight excluding hydrogens is 182 g/mol. The van der Waals surface area contributed by atoms with Crippen LogP contribution < -0.4 is 0 Å². The van der Waals surface area contributed by atoms with Crippen molar-refractivity contribution >= 4 is 5.78 Å². The molecule has 72 valence electrons. The normalized spacial score (nSPS) is 15.7. The molecule has 0 radical (unpaired) electrons. The zero-order valence-electron chi connectivity index (χ0n) is 7.51. The van der Waals surface area contributed by atoms with Crippen molar-refractivity contribution in [2.75, 3.05) is 0 Å². The second-order valence-corrected chi connectivity index (χ2v) is 3.46. The zero-order valence-corrected chi connectivity index (χ0v) is 7.51. The Morgan fingerprint density at radius 3 is 3.00 bits per heavy atom. The predicted octanol–water partition coefficient (Wildman–Crippen LogP) is 0.104. The predicted molar refractivity (Wildman–Crippen MR) is 46.9 cm³/mol. The van der Waals surface area contributed by atoms with Crippen molar-refractivity contribution in [2.24, 2.45) is 0 Å². The summed E-state index contributed by atoms with van der Waals surface area (Å²) in [6.07, 6.45) is 3.99. The summed E-state index contributed by atoms with van der Waals surface area (Å²) in [5, 5.41) is 20.7. The van der Waals surface area contributed by atoms with Crippen LogP contribution in [0.5, 0.6) is 5.88 Å². The first-order valence-corrected chi connectivity index (χ1v) is 4.65. The van der Waals surface area contributed by atoms with E-state index in [4.69, 9.17) is 0 Å². The minimum absolute atomic E-state index is 0.148. The van der Waals surface area contributed by atoms with E-state index in [1.165, 1.54) is 4.52 Å². The van der Waals surface area contributed by atoms with Crippen LogP contribution >= 0.6 is 0 Å². The monoisotopic (exact) mass is 191 g/mol. The summed E-state index contributed by atoms with van der Waals surface area (Å²) in [4.78, 5) is 4.30. The van der Waals surface area contributed by atoms with Crippen LogP contribution in [0.15, 0.2) is 0 Å². The molecule has 0 aliphatic heterocycles. The number of tetrazole rings is 1. The van der Waals surface area contributed by atoms with E-state index in [0.29, 0.717) is 5.78 Å². The van der Waals surface area contributed by atoms with E-state index in [2.05, 4.69) is 20.5 Å². The van der Waals surface area contributed by atoms with Crippen LogP contribution in [0.1, 0.15) is 24.1 Å². The van der Waals surface area contributed by atoms with Crippen molar-refractivity contribution in [2.45, 2.75) is 25.7 Å². The first kappa shape index (κ1) is 7.66. The first-order valence-electron chi connectivity index (χ1n) is 4.65. The molecule has 0 amide bonds. The molecule has 2 aromatic rings. The minimum atomic E-state index is 0.148. The largest absolute Gasteiger partial charge is 0.493 e. The third-order valence-electron chi connectivity index (χ3n) is 2.60. The minimum Gasteiger partial charge on any atom is -0.493 e. The number of hydrogen-bond acceptors (Lipinski definition) is 5. The van der Waals surface area contributed by atoms with Crippen LogP contribution in [0.25, 0.3) is 5.78 Å².